The molecule has 0 aromatic heterocycles. The zero-order valence-electron chi connectivity index (χ0n) is 16.6. The third-order valence-corrected chi connectivity index (χ3v) is 5.15. The van der Waals surface area contributed by atoms with E-state index in [1.807, 2.05) is 45.0 Å². The predicted molar refractivity (Wildman–Crippen MR) is 107 cm³/mol. The molecule has 7 heteroatoms. The van der Waals surface area contributed by atoms with E-state index in [1.54, 1.807) is 19.9 Å². The molecule has 150 valence electrons. The van der Waals surface area contributed by atoms with Crippen LogP contribution in [-0.4, -0.2) is 34.1 Å². The summed E-state index contributed by atoms with van der Waals surface area (Å²) in [6, 6.07) is 6.80. The lowest BCUT2D eigenvalue weighted by Gasteiger charge is -2.25. The fourth-order valence-corrected chi connectivity index (χ4v) is 3.06. The summed E-state index contributed by atoms with van der Waals surface area (Å²) in [5.74, 6) is -0.828. The van der Waals surface area contributed by atoms with Crippen molar-refractivity contribution < 1.29 is 23.3 Å². The zero-order valence-corrected chi connectivity index (χ0v) is 17.4. The molecular weight excluding hydrogens is 366 g/mol. The molecule has 1 aromatic rings. The van der Waals surface area contributed by atoms with E-state index in [0.717, 1.165) is 11.1 Å². The lowest BCUT2D eigenvalue weighted by Crippen LogP contribution is -2.37. The molecule has 0 spiro atoms. The van der Waals surface area contributed by atoms with Crippen molar-refractivity contribution in [2.24, 2.45) is 0 Å². The Labute approximate surface area is 163 Å². The highest BCUT2D eigenvalue weighted by atomic mass is 32.2. The quantitative estimate of drug-likeness (QED) is 0.512. The molecule has 0 amide bonds. The zero-order chi connectivity index (χ0) is 20.4. The molecule has 1 N–H and O–H groups in total. The van der Waals surface area contributed by atoms with E-state index in [9.17, 15) is 13.8 Å². The average molecular weight is 396 g/mol. The minimum Gasteiger partial charge on any atom is -0.466 e. The fourth-order valence-electron chi connectivity index (χ4n) is 2.24. The molecular formula is C20H29NO5S. The molecule has 0 heterocycles. The SMILES string of the molecule is CCOC(=O)/C=C/c1ccccc1[C@H](CC(=O)OCC)NS(=O)C(C)(C)C. The van der Waals surface area contributed by atoms with Gasteiger partial charge in [-0.2, -0.15) is 0 Å². The largest absolute Gasteiger partial charge is 0.466 e. The third-order valence-electron chi connectivity index (χ3n) is 3.54. The molecule has 0 radical (unpaired) electrons. The van der Waals surface area contributed by atoms with Crippen molar-refractivity contribution in [3.05, 3.63) is 41.5 Å². The number of carbonyl (C=O) groups excluding carboxylic acids is 2. The number of ether oxygens (including phenoxy) is 2. The molecule has 1 rings (SSSR count). The first-order valence-electron chi connectivity index (χ1n) is 8.96. The Balaban J connectivity index is 3.18. The number of nitrogens with one attached hydrogen (secondary N) is 1. The molecule has 0 aliphatic heterocycles. The van der Waals surface area contributed by atoms with Crippen LogP contribution < -0.4 is 4.72 Å². The maximum Gasteiger partial charge on any atom is 0.330 e. The number of benzene rings is 1. The highest BCUT2D eigenvalue weighted by Crippen LogP contribution is 2.25. The van der Waals surface area contributed by atoms with Crippen molar-refractivity contribution in [2.45, 2.75) is 51.8 Å². The molecule has 1 aromatic carbocycles. The van der Waals surface area contributed by atoms with Crippen LogP contribution in [0.1, 0.15) is 58.2 Å². The van der Waals surface area contributed by atoms with Crippen LogP contribution in [-0.2, 0) is 30.0 Å². The highest BCUT2D eigenvalue weighted by Gasteiger charge is 2.26. The van der Waals surface area contributed by atoms with Crippen LogP contribution in [0.25, 0.3) is 6.08 Å². The fraction of sp³-hybridized carbons (Fsp3) is 0.500. The molecule has 0 saturated carbocycles. The molecule has 0 aliphatic carbocycles. The predicted octanol–water partition coefficient (Wildman–Crippen LogP) is 3.31. The topological polar surface area (TPSA) is 81.7 Å². The smallest absolute Gasteiger partial charge is 0.330 e. The van der Waals surface area contributed by atoms with E-state index >= 15 is 0 Å². The van der Waals surface area contributed by atoms with Crippen molar-refractivity contribution >= 4 is 29.0 Å². The van der Waals surface area contributed by atoms with E-state index < -0.39 is 27.7 Å². The molecule has 27 heavy (non-hydrogen) atoms. The monoisotopic (exact) mass is 395 g/mol. The van der Waals surface area contributed by atoms with Gasteiger partial charge in [0.15, 0.2) is 0 Å². The van der Waals surface area contributed by atoms with Crippen molar-refractivity contribution in [1.29, 1.82) is 0 Å². The number of hydrogen-bond donors (Lipinski definition) is 1. The van der Waals surface area contributed by atoms with E-state index in [1.165, 1.54) is 6.08 Å². The van der Waals surface area contributed by atoms with Gasteiger partial charge in [-0.3, -0.25) is 4.79 Å². The maximum atomic E-state index is 12.6. The maximum absolute atomic E-state index is 12.6. The normalized spacial score (nSPS) is 14.0. The Morgan fingerprint density at radius 1 is 1.15 bits per heavy atom. The number of carbonyl (C=O) groups is 2. The second kappa shape index (κ2) is 11.0. The van der Waals surface area contributed by atoms with Gasteiger partial charge in [0.05, 0.1) is 41.4 Å². The Kier molecular flexibility index (Phi) is 9.38. The summed E-state index contributed by atoms with van der Waals surface area (Å²) >= 11 is 0. The van der Waals surface area contributed by atoms with Crippen molar-refractivity contribution in [2.75, 3.05) is 13.2 Å². The molecule has 2 atom stereocenters. The van der Waals surface area contributed by atoms with Gasteiger partial charge in [0, 0.05) is 6.08 Å². The first kappa shape index (κ1) is 23.0. The van der Waals surface area contributed by atoms with Crippen LogP contribution in [0.3, 0.4) is 0 Å². The van der Waals surface area contributed by atoms with Crippen LogP contribution in [0.15, 0.2) is 30.3 Å². The average Bonchev–Trinajstić information content (AvgIpc) is 2.59. The molecule has 1 unspecified atom stereocenters. The Bertz CT molecular complexity index is 694. The van der Waals surface area contributed by atoms with Gasteiger partial charge in [-0.05, 0) is 51.8 Å². The first-order valence-corrected chi connectivity index (χ1v) is 10.1. The van der Waals surface area contributed by atoms with E-state index in [-0.39, 0.29) is 19.0 Å². The summed E-state index contributed by atoms with van der Waals surface area (Å²) in [5.41, 5.74) is 1.49. The first-order chi connectivity index (χ1) is 12.7. The van der Waals surface area contributed by atoms with E-state index in [0.29, 0.717) is 6.61 Å². The van der Waals surface area contributed by atoms with Gasteiger partial charge in [-0.1, -0.05) is 24.3 Å². The number of rotatable bonds is 9. The number of esters is 2. The van der Waals surface area contributed by atoms with Crippen LogP contribution in [0, 0.1) is 0 Å². The minimum atomic E-state index is -1.39. The standard InChI is InChI=1S/C20H29NO5S/c1-6-25-18(22)13-12-15-10-8-9-11-16(15)17(14-19(23)26-7-2)21-27(24)20(3,4)5/h8-13,17,21H,6-7,14H2,1-5H3/b13-12+/t17-,27?/m0/s1. The van der Waals surface area contributed by atoms with Crippen molar-refractivity contribution in [3.63, 3.8) is 0 Å². The summed E-state index contributed by atoms with van der Waals surface area (Å²) < 4.78 is 25.1. The van der Waals surface area contributed by atoms with Gasteiger partial charge in [-0.25, -0.2) is 13.7 Å². The van der Waals surface area contributed by atoms with E-state index in [2.05, 4.69) is 4.72 Å². The van der Waals surface area contributed by atoms with Gasteiger partial charge in [0.25, 0.3) is 0 Å². The molecule has 6 nitrogen and oxygen atoms in total. The lowest BCUT2D eigenvalue weighted by atomic mass is 9.98. The summed E-state index contributed by atoms with van der Waals surface area (Å²) in [7, 11) is -1.39. The van der Waals surface area contributed by atoms with Gasteiger partial charge < -0.3 is 9.47 Å². The lowest BCUT2D eigenvalue weighted by molar-refractivity contribution is -0.143. The summed E-state index contributed by atoms with van der Waals surface area (Å²) in [4.78, 5) is 23.7. The van der Waals surface area contributed by atoms with Crippen LogP contribution in [0.2, 0.25) is 0 Å². The molecule has 0 saturated heterocycles. The highest BCUT2D eigenvalue weighted by molar-refractivity contribution is 7.84. The Hall–Kier alpha value is -1.99. The Morgan fingerprint density at radius 3 is 2.37 bits per heavy atom. The van der Waals surface area contributed by atoms with Crippen LogP contribution in [0.4, 0.5) is 0 Å². The van der Waals surface area contributed by atoms with Gasteiger partial charge in [0.2, 0.25) is 0 Å². The van der Waals surface area contributed by atoms with E-state index in [4.69, 9.17) is 9.47 Å². The summed E-state index contributed by atoms with van der Waals surface area (Å²) in [6.07, 6.45) is 3.00. The van der Waals surface area contributed by atoms with Gasteiger partial charge in [-0.15, -0.1) is 0 Å². The summed E-state index contributed by atoms with van der Waals surface area (Å²) in [5, 5.41) is 0. The Morgan fingerprint density at radius 2 is 1.78 bits per heavy atom. The number of hydrogen-bond acceptors (Lipinski definition) is 5. The van der Waals surface area contributed by atoms with Gasteiger partial charge >= 0.3 is 11.9 Å². The van der Waals surface area contributed by atoms with Crippen LogP contribution in [0.5, 0.6) is 0 Å². The second-order valence-electron chi connectivity index (χ2n) is 6.77. The summed E-state index contributed by atoms with van der Waals surface area (Å²) in [6.45, 7) is 9.60. The van der Waals surface area contributed by atoms with Crippen molar-refractivity contribution in [1.82, 2.24) is 4.72 Å². The molecule has 0 aliphatic rings. The molecule has 0 bridgehead atoms. The third kappa shape index (κ3) is 8.05. The van der Waals surface area contributed by atoms with Crippen molar-refractivity contribution in [3.8, 4) is 0 Å². The second-order valence-corrected chi connectivity index (χ2v) is 8.77. The van der Waals surface area contributed by atoms with Gasteiger partial charge in [0.1, 0.15) is 0 Å². The molecule has 0 fully saturated rings. The van der Waals surface area contributed by atoms with Crippen LogP contribution >= 0.6 is 0 Å². The minimum absolute atomic E-state index is 0.0277.